The van der Waals surface area contributed by atoms with E-state index in [2.05, 4.69) is 5.32 Å². The summed E-state index contributed by atoms with van der Waals surface area (Å²) in [6.45, 7) is 4.05. The fourth-order valence-corrected chi connectivity index (χ4v) is 6.60. The highest BCUT2D eigenvalue weighted by atomic mass is 32.2. The molecule has 1 saturated heterocycles. The van der Waals surface area contributed by atoms with Gasteiger partial charge in [0.1, 0.15) is 18.6 Å². The molecular formula is C28H38N2O8S. The van der Waals surface area contributed by atoms with Crippen molar-refractivity contribution >= 4 is 16.1 Å². The molecule has 2 fully saturated rings. The minimum atomic E-state index is -3.93. The van der Waals surface area contributed by atoms with E-state index in [0.717, 1.165) is 5.56 Å². The Hall–Kier alpha value is -2.70. The quantitative estimate of drug-likeness (QED) is 0.405. The highest BCUT2D eigenvalue weighted by Crippen LogP contribution is 2.31. The Morgan fingerprint density at radius 1 is 1.05 bits per heavy atom. The normalized spacial score (nSPS) is 22.5. The number of nitrogens with one attached hydrogen (secondary N) is 1. The lowest BCUT2D eigenvalue weighted by Crippen LogP contribution is -2.51. The maximum atomic E-state index is 13.6. The van der Waals surface area contributed by atoms with E-state index in [-0.39, 0.29) is 55.4 Å². The van der Waals surface area contributed by atoms with Crippen molar-refractivity contribution in [3.63, 3.8) is 0 Å². The van der Waals surface area contributed by atoms with Gasteiger partial charge in [-0.1, -0.05) is 44.2 Å². The second kappa shape index (κ2) is 13.1. The number of rotatable bonds is 12. The standard InChI is InChI=1S/C28H38N2O8S/c1-19(2)16-30(39(33,34)23-11-9-21(35-3)10-12-23)17-25(31)24(13-20-7-5-4-6-8-20)29-28(32)38-22-14-26-27(15-22)37-18-36-26/h4-12,19,22,24-27,31H,13-18H2,1-3H3,(H,29,32)/t22-,24-,25+,26-,27+/m0/s1. The number of amides is 1. The predicted octanol–water partition coefficient (Wildman–Crippen LogP) is 2.94. The predicted molar refractivity (Wildman–Crippen MR) is 144 cm³/mol. The van der Waals surface area contributed by atoms with Crippen molar-refractivity contribution in [1.82, 2.24) is 9.62 Å². The molecular weight excluding hydrogens is 524 g/mol. The maximum Gasteiger partial charge on any atom is 0.407 e. The molecule has 0 spiro atoms. The Balaban J connectivity index is 1.49. The van der Waals surface area contributed by atoms with Gasteiger partial charge in [-0.25, -0.2) is 13.2 Å². The highest BCUT2D eigenvalue weighted by molar-refractivity contribution is 7.89. The van der Waals surface area contributed by atoms with Crippen LogP contribution in [0.4, 0.5) is 4.79 Å². The first-order valence-corrected chi connectivity index (χ1v) is 14.7. The molecule has 2 aliphatic rings. The third kappa shape index (κ3) is 7.70. The minimum absolute atomic E-state index is 0.00183. The van der Waals surface area contributed by atoms with Crippen molar-refractivity contribution in [1.29, 1.82) is 0 Å². The molecule has 10 nitrogen and oxygen atoms in total. The summed E-state index contributed by atoms with van der Waals surface area (Å²) in [6, 6.07) is 14.7. The molecule has 0 unspecified atom stereocenters. The first-order valence-electron chi connectivity index (χ1n) is 13.2. The number of alkyl carbamates (subject to hydrolysis) is 1. The zero-order valence-electron chi connectivity index (χ0n) is 22.6. The molecule has 1 amide bonds. The summed E-state index contributed by atoms with van der Waals surface area (Å²) in [6.07, 6.45) is -1.02. The van der Waals surface area contributed by atoms with Gasteiger partial charge in [-0.2, -0.15) is 4.31 Å². The molecule has 5 atom stereocenters. The number of hydrogen-bond donors (Lipinski definition) is 2. The van der Waals surface area contributed by atoms with E-state index >= 15 is 0 Å². The molecule has 2 N–H and O–H groups in total. The molecule has 0 bridgehead atoms. The average Bonchev–Trinajstić information content (AvgIpc) is 3.50. The summed E-state index contributed by atoms with van der Waals surface area (Å²) in [4.78, 5) is 13.0. The van der Waals surface area contributed by atoms with Gasteiger partial charge in [0.15, 0.2) is 0 Å². The van der Waals surface area contributed by atoms with Crippen molar-refractivity contribution in [2.24, 2.45) is 5.92 Å². The van der Waals surface area contributed by atoms with Gasteiger partial charge in [0.25, 0.3) is 0 Å². The number of carbonyl (C=O) groups is 1. The van der Waals surface area contributed by atoms with Crippen LogP contribution in [-0.4, -0.2) is 81.4 Å². The first kappa shape index (κ1) is 29.3. The minimum Gasteiger partial charge on any atom is -0.497 e. The van der Waals surface area contributed by atoms with Crippen LogP contribution in [0, 0.1) is 5.92 Å². The number of methoxy groups -OCH3 is 1. The number of fused-ring (bicyclic) bond motifs is 1. The Labute approximate surface area is 230 Å². The second-order valence-electron chi connectivity index (χ2n) is 10.4. The van der Waals surface area contributed by atoms with Crippen LogP contribution in [0.25, 0.3) is 0 Å². The third-order valence-corrected chi connectivity index (χ3v) is 8.81. The zero-order valence-corrected chi connectivity index (χ0v) is 23.4. The van der Waals surface area contributed by atoms with E-state index in [4.69, 9.17) is 18.9 Å². The fraction of sp³-hybridized carbons (Fsp3) is 0.536. The van der Waals surface area contributed by atoms with Crippen molar-refractivity contribution in [2.75, 3.05) is 27.0 Å². The fourth-order valence-electron chi connectivity index (χ4n) is 4.98. The Kier molecular flexibility index (Phi) is 9.84. The lowest BCUT2D eigenvalue weighted by molar-refractivity contribution is 0.00201. The molecule has 214 valence electrons. The SMILES string of the molecule is COc1ccc(S(=O)(=O)N(CC(C)C)C[C@@H](O)[C@H](Cc2ccccc2)NC(=O)O[C@H]2C[C@@H]3OCO[C@@H]3C2)cc1. The lowest BCUT2D eigenvalue weighted by atomic mass is 10.0. The number of ether oxygens (including phenoxy) is 4. The van der Waals surface area contributed by atoms with E-state index in [9.17, 15) is 18.3 Å². The number of aliphatic hydroxyl groups excluding tert-OH is 1. The van der Waals surface area contributed by atoms with Gasteiger partial charge < -0.3 is 29.4 Å². The average molecular weight is 563 g/mol. The lowest BCUT2D eigenvalue weighted by Gasteiger charge is -2.31. The van der Waals surface area contributed by atoms with Crippen molar-refractivity contribution in [2.45, 2.75) is 68.5 Å². The first-order chi connectivity index (χ1) is 18.7. The Morgan fingerprint density at radius 3 is 2.28 bits per heavy atom. The van der Waals surface area contributed by atoms with Gasteiger partial charge in [0.05, 0.1) is 36.4 Å². The van der Waals surface area contributed by atoms with Crippen LogP contribution in [0.3, 0.4) is 0 Å². The molecule has 2 aromatic carbocycles. The van der Waals surface area contributed by atoms with Gasteiger partial charge in [-0.15, -0.1) is 0 Å². The van der Waals surface area contributed by atoms with E-state index in [1.54, 1.807) is 12.1 Å². The number of carbonyl (C=O) groups excluding carboxylic acids is 1. The van der Waals surface area contributed by atoms with Crippen LogP contribution in [-0.2, 0) is 30.7 Å². The Bertz CT molecular complexity index is 1160. The summed E-state index contributed by atoms with van der Waals surface area (Å²) in [5, 5.41) is 14.1. The van der Waals surface area contributed by atoms with Gasteiger partial charge in [0.2, 0.25) is 10.0 Å². The largest absolute Gasteiger partial charge is 0.497 e. The number of sulfonamides is 1. The summed E-state index contributed by atoms with van der Waals surface area (Å²) < 4.78 is 50.2. The monoisotopic (exact) mass is 562 g/mol. The smallest absolute Gasteiger partial charge is 0.407 e. The van der Waals surface area contributed by atoms with Gasteiger partial charge in [-0.05, 0) is 42.2 Å². The number of benzene rings is 2. The van der Waals surface area contributed by atoms with Crippen molar-refractivity contribution in [3.05, 3.63) is 60.2 Å². The molecule has 11 heteroatoms. The van der Waals surface area contributed by atoms with Crippen LogP contribution in [0.1, 0.15) is 32.3 Å². The van der Waals surface area contributed by atoms with Crippen LogP contribution >= 0.6 is 0 Å². The van der Waals surface area contributed by atoms with Crippen LogP contribution in [0.2, 0.25) is 0 Å². The van der Waals surface area contributed by atoms with Crippen LogP contribution in [0.15, 0.2) is 59.5 Å². The van der Waals surface area contributed by atoms with Crippen molar-refractivity contribution < 1.29 is 37.3 Å². The number of aliphatic hydroxyl groups is 1. The van der Waals surface area contributed by atoms with Gasteiger partial charge >= 0.3 is 6.09 Å². The van der Waals surface area contributed by atoms with E-state index in [0.29, 0.717) is 18.6 Å². The van der Waals surface area contributed by atoms with E-state index in [1.807, 2.05) is 44.2 Å². The molecule has 0 aromatic heterocycles. The summed E-state index contributed by atoms with van der Waals surface area (Å²) >= 11 is 0. The summed E-state index contributed by atoms with van der Waals surface area (Å²) in [5.74, 6) is 0.543. The Morgan fingerprint density at radius 2 is 1.69 bits per heavy atom. The maximum absolute atomic E-state index is 13.6. The highest BCUT2D eigenvalue weighted by Gasteiger charge is 2.42. The molecule has 39 heavy (non-hydrogen) atoms. The number of nitrogens with zero attached hydrogens (tertiary/aromatic N) is 1. The zero-order chi connectivity index (χ0) is 28.0. The molecule has 2 aromatic rings. The van der Waals surface area contributed by atoms with Gasteiger partial charge in [0, 0.05) is 25.9 Å². The van der Waals surface area contributed by atoms with Crippen LogP contribution in [0.5, 0.6) is 5.75 Å². The second-order valence-corrected chi connectivity index (χ2v) is 12.4. The van der Waals surface area contributed by atoms with Gasteiger partial charge in [-0.3, -0.25) is 0 Å². The number of hydrogen-bond acceptors (Lipinski definition) is 8. The summed E-state index contributed by atoms with van der Waals surface area (Å²) in [5.41, 5.74) is 0.882. The molecule has 4 rings (SSSR count). The molecule has 1 saturated carbocycles. The van der Waals surface area contributed by atoms with Crippen LogP contribution < -0.4 is 10.1 Å². The van der Waals surface area contributed by atoms with E-state index in [1.165, 1.54) is 23.5 Å². The molecule has 1 aliphatic heterocycles. The molecule has 0 radical (unpaired) electrons. The summed E-state index contributed by atoms with van der Waals surface area (Å²) in [7, 11) is -2.42. The third-order valence-electron chi connectivity index (χ3n) is 6.97. The topological polar surface area (TPSA) is 124 Å². The van der Waals surface area contributed by atoms with Crippen molar-refractivity contribution in [3.8, 4) is 5.75 Å². The van der Waals surface area contributed by atoms with E-state index < -0.39 is 28.3 Å². The molecule has 1 aliphatic carbocycles. The molecule has 1 heterocycles.